The minimum absolute atomic E-state index is 0.00997. The van der Waals surface area contributed by atoms with Crippen molar-refractivity contribution >= 4 is 22.8 Å². The summed E-state index contributed by atoms with van der Waals surface area (Å²) in [5, 5.41) is 24.6. The maximum atomic E-state index is 12.7. The van der Waals surface area contributed by atoms with Gasteiger partial charge in [0.1, 0.15) is 11.6 Å². The van der Waals surface area contributed by atoms with Crippen LogP contribution in [0.4, 0.5) is 0 Å². The molecule has 0 aliphatic heterocycles. The lowest BCUT2D eigenvalue weighted by molar-refractivity contribution is -0.118. The molecule has 0 bridgehead atoms. The van der Waals surface area contributed by atoms with Gasteiger partial charge < -0.3 is 15.0 Å². The molecule has 0 radical (unpaired) electrons. The van der Waals surface area contributed by atoms with Crippen LogP contribution >= 0.6 is 0 Å². The van der Waals surface area contributed by atoms with Gasteiger partial charge in [-0.2, -0.15) is 5.26 Å². The summed E-state index contributed by atoms with van der Waals surface area (Å²) < 4.78 is 2.17. The van der Waals surface area contributed by atoms with E-state index >= 15 is 0 Å². The molecule has 5 nitrogen and oxygen atoms in total. The van der Waals surface area contributed by atoms with Crippen molar-refractivity contribution in [1.29, 1.82) is 5.26 Å². The molecule has 2 aromatic carbocycles. The van der Waals surface area contributed by atoms with Crippen LogP contribution in [0.3, 0.4) is 0 Å². The number of nitriles is 1. The number of aryl methyl sites for hydroxylation is 1. The van der Waals surface area contributed by atoms with Crippen LogP contribution in [0.15, 0.2) is 54.1 Å². The van der Waals surface area contributed by atoms with E-state index in [4.69, 9.17) is 0 Å². The molecule has 1 saturated carbocycles. The monoisotopic (exact) mass is 413 g/mol. The predicted molar refractivity (Wildman–Crippen MR) is 123 cm³/mol. The summed E-state index contributed by atoms with van der Waals surface area (Å²) in [5.74, 6) is -0.348. The average molecular weight is 414 g/mol. The minimum Gasteiger partial charge on any atom is -0.393 e. The van der Waals surface area contributed by atoms with Crippen molar-refractivity contribution in [3.8, 4) is 11.8 Å². The number of carbonyl (C=O) groups excluding carboxylic acids is 1. The first-order valence-electron chi connectivity index (χ1n) is 10.8. The zero-order chi connectivity index (χ0) is 22.0. The normalized spacial score (nSPS) is 19.2. The lowest BCUT2D eigenvalue weighted by Crippen LogP contribution is -2.39. The summed E-state index contributed by atoms with van der Waals surface area (Å²) in [6.45, 7) is 4.04. The highest BCUT2D eigenvalue weighted by atomic mass is 16.3. The predicted octanol–water partition coefficient (Wildman–Crippen LogP) is 4.57. The molecule has 3 aromatic rings. The Bertz CT molecular complexity index is 1190. The fourth-order valence-corrected chi connectivity index (χ4v) is 4.50. The van der Waals surface area contributed by atoms with E-state index in [-0.39, 0.29) is 23.6 Å². The highest BCUT2D eigenvalue weighted by molar-refractivity contribution is 6.02. The molecule has 158 valence electrons. The van der Waals surface area contributed by atoms with Gasteiger partial charge >= 0.3 is 0 Å². The Morgan fingerprint density at radius 3 is 2.58 bits per heavy atom. The molecule has 1 aliphatic carbocycles. The van der Waals surface area contributed by atoms with Gasteiger partial charge in [0.2, 0.25) is 0 Å². The number of benzene rings is 2. The number of carbonyl (C=O) groups is 1. The lowest BCUT2D eigenvalue weighted by atomic mass is 9.93. The SMILES string of the molecule is Cc1cc(/C=C(/C#N)C(=O)NC2CCC(O)CC2)c(C)n1-c1cccc2ccccc12. The van der Waals surface area contributed by atoms with Crippen molar-refractivity contribution in [3.05, 3.63) is 71.1 Å². The van der Waals surface area contributed by atoms with Crippen molar-refractivity contribution in [2.24, 2.45) is 0 Å². The molecule has 1 aromatic heterocycles. The number of amides is 1. The molecule has 4 rings (SSSR count). The first-order valence-corrected chi connectivity index (χ1v) is 10.8. The quantitative estimate of drug-likeness (QED) is 0.486. The van der Waals surface area contributed by atoms with Gasteiger partial charge in [-0.3, -0.25) is 4.79 Å². The maximum absolute atomic E-state index is 12.7. The van der Waals surface area contributed by atoms with Gasteiger partial charge in [-0.05, 0) is 68.7 Å². The average Bonchev–Trinajstić information content (AvgIpc) is 3.05. The molecule has 5 heteroatoms. The fourth-order valence-electron chi connectivity index (χ4n) is 4.50. The smallest absolute Gasteiger partial charge is 0.262 e. The summed E-state index contributed by atoms with van der Waals surface area (Å²) in [5.41, 5.74) is 4.06. The molecule has 1 aliphatic rings. The van der Waals surface area contributed by atoms with Gasteiger partial charge in [0, 0.05) is 22.8 Å². The molecular formula is C26H27N3O2. The number of hydrogen-bond donors (Lipinski definition) is 2. The van der Waals surface area contributed by atoms with Crippen LogP contribution in [0.5, 0.6) is 0 Å². The molecule has 31 heavy (non-hydrogen) atoms. The van der Waals surface area contributed by atoms with Crippen LogP contribution in [0.2, 0.25) is 0 Å². The Hall–Kier alpha value is -3.36. The van der Waals surface area contributed by atoms with E-state index in [9.17, 15) is 15.2 Å². The molecule has 1 heterocycles. The van der Waals surface area contributed by atoms with E-state index in [0.29, 0.717) is 12.8 Å². The zero-order valence-corrected chi connectivity index (χ0v) is 17.9. The Morgan fingerprint density at radius 2 is 1.84 bits per heavy atom. The van der Waals surface area contributed by atoms with Crippen molar-refractivity contribution in [2.75, 3.05) is 0 Å². The Morgan fingerprint density at radius 1 is 1.13 bits per heavy atom. The Balaban J connectivity index is 1.65. The second-order valence-corrected chi connectivity index (χ2v) is 8.31. The molecule has 1 fully saturated rings. The summed E-state index contributed by atoms with van der Waals surface area (Å²) in [6, 6.07) is 18.6. The third-order valence-corrected chi connectivity index (χ3v) is 6.17. The summed E-state index contributed by atoms with van der Waals surface area (Å²) in [7, 11) is 0. The minimum atomic E-state index is -0.348. The lowest BCUT2D eigenvalue weighted by Gasteiger charge is -2.26. The van der Waals surface area contributed by atoms with Gasteiger partial charge in [0.05, 0.1) is 11.8 Å². The molecule has 1 amide bonds. The van der Waals surface area contributed by atoms with Crippen molar-refractivity contribution in [1.82, 2.24) is 9.88 Å². The van der Waals surface area contributed by atoms with E-state index in [1.807, 2.05) is 38.1 Å². The molecular weight excluding hydrogens is 386 g/mol. The van der Waals surface area contributed by atoms with Gasteiger partial charge in [0.15, 0.2) is 0 Å². The number of rotatable bonds is 4. The van der Waals surface area contributed by atoms with Crippen LogP contribution in [0, 0.1) is 25.2 Å². The number of nitrogens with one attached hydrogen (secondary N) is 1. The summed E-state index contributed by atoms with van der Waals surface area (Å²) in [6.07, 6.45) is 4.24. The maximum Gasteiger partial charge on any atom is 0.262 e. The molecule has 0 atom stereocenters. The van der Waals surface area contributed by atoms with Crippen molar-refractivity contribution < 1.29 is 9.90 Å². The second kappa shape index (κ2) is 8.79. The first-order chi connectivity index (χ1) is 15.0. The largest absolute Gasteiger partial charge is 0.393 e. The van der Waals surface area contributed by atoms with Gasteiger partial charge in [0.25, 0.3) is 5.91 Å². The second-order valence-electron chi connectivity index (χ2n) is 8.31. The van der Waals surface area contributed by atoms with Crippen LogP contribution in [-0.4, -0.2) is 27.7 Å². The van der Waals surface area contributed by atoms with Gasteiger partial charge in [-0.25, -0.2) is 0 Å². The first kappa shape index (κ1) is 20.9. The van der Waals surface area contributed by atoms with Crippen LogP contribution in [0.25, 0.3) is 22.5 Å². The number of aromatic nitrogens is 1. The van der Waals surface area contributed by atoms with E-state index in [0.717, 1.165) is 40.9 Å². The third kappa shape index (κ3) is 4.26. The Labute approximate surface area is 182 Å². The number of nitrogens with zero attached hydrogens (tertiary/aromatic N) is 2. The number of hydrogen-bond acceptors (Lipinski definition) is 3. The van der Waals surface area contributed by atoms with E-state index in [1.54, 1.807) is 6.08 Å². The summed E-state index contributed by atoms with van der Waals surface area (Å²) >= 11 is 0. The van der Waals surface area contributed by atoms with Gasteiger partial charge in [-0.1, -0.05) is 36.4 Å². The van der Waals surface area contributed by atoms with Crippen LogP contribution < -0.4 is 5.32 Å². The van der Waals surface area contributed by atoms with Crippen LogP contribution in [0.1, 0.15) is 42.6 Å². The fraction of sp³-hybridized carbons (Fsp3) is 0.308. The molecule has 0 saturated heterocycles. The standard InChI is InChI=1S/C26H27N3O2/c1-17-14-20(15-21(16-27)26(31)28-22-10-12-23(30)13-11-22)18(2)29(17)25-9-5-7-19-6-3-4-8-24(19)25/h3-9,14-15,22-23,30H,10-13H2,1-2H3,(H,28,31)/b21-15-. The zero-order valence-electron chi connectivity index (χ0n) is 17.9. The molecule has 0 unspecified atom stereocenters. The third-order valence-electron chi connectivity index (χ3n) is 6.17. The van der Waals surface area contributed by atoms with Crippen molar-refractivity contribution in [3.63, 3.8) is 0 Å². The van der Waals surface area contributed by atoms with Crippen LogP contribution in [-0.2, 0) is 4.79 Å². The molecule has 0 spiro atoms. The highest BCUT2D eigenvalue weighted by Crippen LogP contribution is 2.28. The topological polar surface area (TPSA) is 78.1 Å². The van der Waals surface area contributed by atoms with Crippen molar-refractivity contribution in [2.45, 2.75) is 51.7 Å². The summed E-state index contributed by atoms with van der Waals surface area (Å²) in [4.78, 5) is 12.7. The van der Waals surface area contributed by atoms with Gasteiger partial charge in [-0.15, -0.1) is 0 Å². The Kier molecular flexibility index (Phi) is 5.92. The number of fused-ring (bicyclic) bond motifs is 1. The molecule has 2 N–H and O–H groups in total. The van der Waals surface area contributed by atoms with E-state index < -0.39 is 0 Å². The van der Waals surface area contributed by atoms with E-state index in [2.05, 4.69) is 40.2 Å². The highest BCUT2D eigenvalue weighted by Gasteiger charge is 2.22. The van der Waals surface area contributed by atoms with E-state index in [1.165, 1.54) is 5.39 Å². The number of aliphatic hydroxyl groups excluding tert-OH is 1. The number of aliphatic hydroxyl groups is 1.